The molecule has 0 aromatic carbocycles. The normalized spacial score (nSPS) is 11.9. The smallest absolute Gasteiger partial charge is 0.862 e. The molecule has 0 spiro atoms. The fourth-order valence-electron chi connectivity index (χ4n) is 1.60. The molecule has 0 atom stereocenters. The third-order valence-corrected chi connectivity index (χ3v) is 2.60. The maximum Gasteiger partial charge on any atom is 1.00 e. The molecule has 0 saturated heterocycles. The SMILES string of the molecule is CC/C=C/CCCC([O-])=NCN(CCCO)CC(=O)O.[Li+]. The Hall–Kier alpha value is -0.803. The first-order valence-corrected chi connectivity index (χ1v) is 7.00. The summed E-state index contributed by atoms with van der Waals surface area (Å²) in [7, 11) is 0. The van der Waals surface area contributed by atoms with Gasteiger partial charge in [0.1, 0.15) is 0 Å². The molecular formula is C14H25LiN2O4. The van der Waals surface area contributed by atoms with E-state index in [0.717, 1.165) is 19.3 Å². The molecule has 21 heavy (non-hydrogen) atoms. The molecule has 0 amide bonds. The van der Waals surface area contributed by atoms with E-state index < -0.39 is 5.97 Å². The van der Waals surface area contributed by atoms with Crippen molar-refractivity contribution in [3.8, 4) is 0 Å². The molecule has 2 N–H and O–H groups in total. The number of nitrogens with zero attached hydrogens (tertiary/aromatic N) is 2. The number of aliphatic imine (C=N–C) groups is 1. The van der Waals surface area contributed by atoms with Crippen LogP contribution in [0.15, 0.2) is 17.1 Å². The van der Waals surface area contributed by atoms with Crippen LogP contribution < -0.4 is 24.0 Å². The average Bonchev–Trinajstić information content (AvgIpc) is 2.41. The molecule has 0 fully saturated rings. The molecule has 0 aromatic rings. The number of rotatable bonds is 12. The number of aliphatic carboxylic acids is 1. The molecule has 0 aromatic heterocycles. The summed E-state index contributed by atoms with van der Waals surface area (Å²) < 4.78 is 0. The fourth-order valence-corrected chi connectivity index (χ4v) is 1.60. The second kappa shape index (κ2) is 15.6. The fraction of sp³-hybridized carbons (Fsp3) is 0.714. The number of aliphatic hydroxyl groups excluding tert-OH is 1. The molecule has 0 aliphatic carbocycles. The molecule has 7 heteroatoms. The van der Waals surface area contributed by atoms with E-state index in [2.05, 4.69) is 18.0 Å². The van der Waals surface area contributed by atoms with Gasteiger partial charge in [0.2, 0.25) is 0 Å². The standard InChI is InChI=1S/C14H26N2O4.Li/c1-2-3-4-5-6-8-13(18)15-12-16(9-7-10-17)11-14(19)20;/h3-4,17H,2,5-12H2,1H3,(H,15,18)(H,19,20);/q;+1/p-1/b4-3+;. The Morgan fingerprint density at radius 2 is 2.05 bits per heavy atom. The van der Waals surface area contributed by atoms with Crippen LogP contribution in [0.1, 0.15) is 39.0 Å². The number of carboxylic acids is 1. The summed E-state index contributed by atoms with van der Waals surface area (Å²) in [5.41, 5.74) is 0. The summed E-state index contributed by atoms with van der Waals surface area (Å²) in [5.74, 6) is -1.16. The maximum atomic E-state index is 11.5. The molecule has 116 valence electrons. The van der Waals surface area contributed by atoms with E-state index in [-0.39, 0.29) is 44.6 Å². The summed E-state index contributed by atoms with van der Waals surface area (Å²) >= 11 is 0. The van der Waals surface area contributed by atoms with Crippen molar-refractivity contribution in [3.63, 3.8) is 0 Å². The second-order valence-corrected chi connectivity index (χ2v) is 4.49. The zero-order chi connectivity index (χ0) is 15.2. The average molecular weight is 292 g/mol. The van der Waals surface area contributed by atoms with Gasteiger partial charge in [0.25, 0.3) is 0 Å². The maximum absolute atomic E-state index is 11.5. The molecule has 0 unspecified atom stereocenters. The first-order chi connectivity index (χ1) is 9.60. The number of carbonyl (C=O) groups is 1. The first-order valence-electron chi connectivity index (χ1n) is 7.00. The van der Waals surface area contributed by atoms with E-state index in [1.807, 2.05) is 6.08 Å². The van der Waals surface area contributed by atoms with Crippen molar-refractivity contribution in [3.05, 3.63) is 12.2 Å². The van der Waals surface area contributed by atoms with Crippen LogP contribution in [0, 0.1) is 0 Å². The third-order valence-electron chi connectivity index (χ3n) is 2.60. The van der Waals surface area contributed by atoms with E-state index >= 15 is 0 Å². The van der Waals surface area contributed by atoms with Crippen LogP contribution >= 0.6 is 0 Å². The van der Waals surface area contributed by atoms with Crippen LogP contribution in [-0.2, 0) is 4.79 Å². The van der Waals surface area contributed by atoms with Crippen LogP contribution in [0.5, 0.6) is 0 Å². The van der Waals surface area contributed by atoms with Crippen LogP contribution in [0.4, 0.5) is 0 Å². The zero-order valence-electron chi connectivity index (χ0n) is 13.1. The van der Waals surface area contributed by atoms with Crippen LogP contribution in [-0.4, -0.2) is 53.3 Å². The number of aliphatic hydroxyl groups is 1. The van der Waals surface area contributed by atoms with Crippen LogP contribution in [0.25, 0.3) is 0 Å². The number of unbranched alkanes of at least 4 members (excludes halogenated alkanes) is 1. The minimum absolute atomic E-state index is 0. The first kappa shape index (κ1) is 22.5. The minimum atomic E-state index is -0.963. The van der Waals surface area contributed by atoms with Gasteiger partial charge in [0.15, 0.2) is 0 Å². The van der Waals surface area contributed by atoms with E-state index in [1.54, 1.807) is 0 Å². The topological polar surface area (TPSA) is 96.2 Å². The Labute approximate surface area is 138 Å². The van der Waals surface area contributed by atoms with E-state index in [1.165, 1.54) is 4.90 Å². The number of allylic oxidation sites excluding steroid dienone is 2. The molecule has 0 heterocycles. The largest absolute Gasteiger partial charge is 1.00 e. The summed E-state index contributed by atoms with van der Waals surface area (Å²) in [6.07, 6.45) is 7.57. The van der Waals surface area contributed by atoms with E-state index in [0.29, 0.717) is 19.4 Å². The Bertz CT molecular complexity index is 322. The van der Waals surface area contributed by atoms with Crippen LogP contribution in [0.3, 0.4) is 0 Å². The molecule has 6 nitrogen and oxygen atoms in total. The van der Waals surface area contributed by atoms with Gasteiger partial charge in [-0.3, -0.25) is 14.7 Å². The van der Waals surface area contributed by atoms with Gasteiger partial charge in [0.05, 0.1) is 13.2 Å². The predicted molar refractivity (Wildman–Crippen MR) is 76.5 cm³/mol. The van der Waals surface area contributed by atoms with Crippen LogP contribution in [0.2, 0.25) is 0 Å². The Kier molecular flexibility index (Phi) is 16.7. The third kappa shape index (κ3) is 15.4. The Balaban J connectivity index is 0. The number of hydrogen-bond donors (Lipinski definition) is 2. The van der Waals surface area contributed by atoms with Crippen molar-refractivity contribution in [2.45, 2.75) is 39.0 Å². The van der Waals surface area contributed by atoms with Crippen molar-refractivity contribution >= 4 is 11.9 Å². The minimum Gasteiger partial charge on any atom is -0.862 e. The molecule has 0 bridgehead atoms. The molecule has 0 aliphatic rings. The predicted octanol–water partition coefficient (Wildman–Crippen LogP) is -2.39. The molecule has 0 saturated carbocycles. The van der Waals surface area contributed by atoms with Crippen molar-refractivity contribution in [1.82, 2.24) is 4.90 Å². The van der Waals surface area contributed by atoms with E-state index in [9.17, 15) is 9.90 Å². The van der Waals surface area contributed by atoms with Gasteiger partial charge < -0.3 is 15.3 Å². The van der Waals surface area contributed by atoms with Crippen molar-refractivity contribution in [1.29, 1.82) is 0 Å². The van der Waals surface area contributed by atoms with Crippen molar-refractivity contribution in [2.75, 3.05) is 26.4 Å². The molecule has 0 radical (unpaired) electrons. The molecular weight excluding hydrogens is 267 g/mol. The van der Waals surface area contributed by atoms with E-state index in [4.69, 9.17) is 10.2 Å². The molecule has 0 rings (SSSR count). The summed E-state index contributed by atoms with van der Waals surface area (Å²) in [5, 5.41) is 29.0. The Morgan fingerprint density at radius 1 is 1.33 bits per heavy atom. The summed E-state index contributed by atoms with van der Waals surface area (Å²) in [6.45, 7) is 2.37. The van der Waals surface area contributed by atoms with Gasteiger partial charge in [-0.15, -0.1) is 0 Å². The van der Waals surface area contributed by atoms with Crippen molar-refractivity contribution < 1.29 is 39.0 Å². The quantitative estimate of drug-likeness (QED) is 0.138. The second-order valence-electron chi connectivity index (χ2n) is 4.49. The Morgan fingerprint density at radius 3 is 2.62 bits per heavy atom. The van der Waals surface area contributed by atoms with Gasteiger partial charge in [-0.2, -0.15) is 0 Å². The monoisotopic (exact) mass is 292 g/mol. The zero-order valence-corrected chi connectivity index (χ0v) is 13.1. The number of hydrogen-bond acceptors (Lipinski definition) is 5. The van der Waals surface area contributed by atoms with Gasteiger partial charge in [-0.1, -0.05) is 19.1 Å². The van der Waals surface area contributed by atoms with Gasteiger partial charge in [-0.05, 0) is 38.0 Å². The van der Waals surface area contributed by atoms with Gasteiger partial charge >= 0.3 is 24.8 Å². The number of carboxylic acid groups (broad SMARTS) is 1. The van der Waals surface area contributed by atoms with Gasteiger partial charge in [0, 0.05) is 13.2 Å². The van der Waals surface area contributed by atoms with Gasteiger partial charge in [-0.25, -0.2) is 0 Å². The molecule has 0 aliphatic heterocycles. The summed E-state index contributed by atoms with van der Waals surface area (Å²) in [4.78, 5) is 16.1. The summed E-state index contributed by atoms with van der Waals surface area (Å²) in [6, 6.07) is 0. The van der Waals surface area contributed by atoms with Crippen molar-refractivity contribution in [2.24, 2.45) is 4.99 Å².